The molecule has 0 bridgehead atoms. The molecule has 3 rings (SSSR count). The van der Waals surface area contributed by atoms with Gasteiger partial charge < -0.3 is 10.6 Å². The van der Waals surface area contributed by atoms with E-state index in [9.17, 15) is 4.79 Å². The summed E-state index contributed by atoms with van der Waals surface area (Å²) in [5.74, 6) is -0.0931. The summed E-state index contributed by atoms with van der Waals surface area (Å²) in [6, 6.07) is 11.3. The number of hydrogen-bond donors (Lipinski definition) is 1. The van der Waals surface area contributed by atoms with Gasteiger partial charge in [-0.15, -0.1) is 0 Å². The molecule has 0 unspecified atom stereocenters. The van der Waals surface area contributed by atoms with Gasteiger partial charge in [-0.25, -0.2) is 0 Å². The fraction of sp³-hybridized carbons (Fsp3) is 0.133. The predicted octanol–water partition coefficient (Wildman–Crippen LogP) is 1.92. The number of carbonyl (C=O) groups excluding carboxylic acids is 1. The zero-order chi connectivity index (χ0) is 14.1. The highest BCUT2D eigenvalue weighted by molar-refractivity contribution is 7.80. The summed E-state index contributed by atoms with van der Waals surface area (Å²) in [7, 11) is 0. The fourth-order valence-electron chi connectivity index (χ4n) is 2.35. The molecule has 2 aromatic rings. The predicted molar refractivity (Wildman–Crippen MR) is 81.9 cm³/mol. The van der Waals surface area contributed by atoms with Gasteiger partial charge in [-0.05, 0) is 30.2 Å². The number of hydrogen-bond acceptors (Lipinski definition) is 3. The smallest absolute Gasteiger partial charge is 0.276 e. The number of pyridine rings is 1. The molecule has 1 aromatic carbocycles. The Kier molecular flexibility index (Phi) is 3.20. The van der Waals surface area contributed by atoms with E-state index in [0.29, 0.717) is 17.8 Å². The van der Waals surface area contributed by atoms with Crippen LogP contribution in [-0.2, 0) is 6.42 Å². The molecule has 20 heavy (non-hydrogen) atoms. The molecular formula is C15H13N3OS. The van der Waals surface area contributed by atoms with E-state index in [1.54, 1.807) is 17.0 Å². The van der Waals surface area contributed by atoms with Crippen LogP contribution in [0.15, 0.2) is 42.6 Å². The maximum absolute atomic E-state index is 12.5. The van der Waals surface area contributed by atoms with Crippen molar-refractivity contribution < 1.29 is 4.79 Å². The van der Waals surface area contributed by atoms with Gasteiger partial charge in [0.25, 0.3) is 5.91 Å². The topological polar surface area (TPSA) is 59.2 Å². The maximum atomic E-state index is 12.5. The number of amides is 1. The van der Waals surface area contributed by atoms with Gasteiger partial charge in [0.15, 0.2) is 0 Å². The first-order valence-electron chi connectivity index (χ1n) is 6.32. The van der Waals surface area contributed by atoms with Crippen molar-refractivity contribution in [3.05, 3.63) is 59.4 Å². The van der Waals surface area contributed by atoms with E-state index < -0.39 is 0 Å². The van der Waals surface area contributed by atoms with Crippen LogP contribution in [0.2, 0.25) is 0 Å². The van der Waals surface area contributed by atoms with Gasteiger partial charge in [-0.2, -0.15) is 0 Å². The molecule has 0 saturated carbocycles. The van der Waals surface area contributed by atoms with Crippen LogP contribution in [0.1, 0.15) is 21.6 Å². The Morgan fingerprint density at radius 3 is 2.75 bits per heavy atom. The number of para-hydroxylation sites is 1. The van der Waals surface area contributed by atoms with Crippen molar-refractivity contribution in [3.8, 4) is 0 Å². The monoisotopic (exact) mass is 283 g/mol. The molecule has 0 fully saturated rings. The van der Waals surface area contributed by atoms with Crippen LogP contribution >= 0.6 is 12.2 Å². The number of aromatic nitrogens is 1. The Bertz CT molecular complexity index is 682. The molecule has 0 spiro atoms. The van der Waals surface area contributed by atoms with E-state index >= 15 is 0 Å². The van der Waals surface area contributed by atoms with Crippen molar-refractivity contribution >= 4 is 28.8 Å². The number of anilines is 1. The van der Waals surface area contributed by atoms with Crippen LogP contribution in [0, 0.1) is 0 Å². The lowest BCUT2D eigenvalue weighted by Crippen LogP contribution is -2.29. The highest BCUT2D eigenvalue weighted by Crippen LogP contribution is 2.28. The third-order valence-electron chi connectivity index (χ3n) is 3.40. The van der Waals surface area contributed by atoms with Gasteiger partial charge in [0.1, 0.15) is 10.7 Å². The first kappa shape index (κ1) is 12.7. The van der Waals surface area contributed by atoms with E-state index in [4.69, 9.17) is 18.0 Å². The second-order valence-corrected chi connectivity index (χ2v) is 5.07. The van der Waals surface area contributed by atoms with Crippen LogP contribution in [0.5, 0.6) is 0 Å². The minimum Gasteiger partial charge on any atom is -0.389 e. The maximum Gasteiger partial charge on any atom is 0.276 e. The molecule has 2 N–H and O–H groups in total. The highest BCUT2D eigenvalue weighted by Gasteiger charge is 2.25. The van der Waals surface area contributed by atoms with Crippen LogP contribution < -0.4 is 10.6 Å². The number of nitrogens with two attached hydrogens (primary N) is 1. The molecule has 0 atom stereocenters. The molecule has 0 radical (unpaired) electrons. The number of carbonyl (C=O) groups is 1. The van der Waals surface area contributed by atoms with Crippen molar-refractivity contribution in [2.45, 2.75) is 6.42 Å². The molecule has 5 heteroatoms. The average molecular weight is 283 g/mol. The molecule has 0 aliphatic carbocycles. The molecule has 2 heterocycles. The lowest BCUT2D eigenvalue weighted by Gasteiger charge is -2.16. The summed E-state index contributed by atoms with van der Waals surface area (Å²) in [5.41, 5.74) is 8.76. The number of benzene rings is 1. The molecule has 100 valence electrons. The van der Waals surface area contributed by atoms with Gasteiger partial charge in [-0.3, -0.25) is 9.78 Å². The van der Waals surface area contributed by atoms with Crippen molar-refractivity contribution in [1.82, 2.24) is 4.98 Å². The number of fused-ring (bicyclic) bond motifs is 1. The normalized spacial score (nSPS) is 13.1. The lowest BCUT2D eigenvalue weighted by atomic mass is 10.2. The number of nitrogens with zero attached hydrogens (tertiary/aromatic N) is 2. The molecule has 1 aliphatic heterocycles. The Morgan fingerprint density at radius 2 is 2.05 bits per heavy atom. The summed E-state index contributed by atoms with van der Waals surface area (Å²) >= 11 is 4.87. The lowest BCUT2D eigenvalue weighted by molar-refractivity contribution is 0.0984. The summed E-state index contributed by atoms with van der Waals surface area (Å²) < 4.78 is 0. The second-order valence-electron chi connectivity index (χ2n) is 4.63. The Labute approximate surface area is 122 Å². The molecular weight excluding hydrogens is 270 g/mol. The van der Waals surface area contributed by atoms with Gasteiger partial charge in [-0.1, -0.05) is 30.4 Å². The van der Waals surface area contributed by atoms with Crippen LogP contribution in [0.25, 0.3) is 0 Å². The summed E-state index contributed by atoms with van der Waals surface area (Å²) in [5, 5.41) is 0. The van der Waals surface area contributed by atoms with E-state index in [1.807, 2.05) is 24.3 Å². The Balaban J connectivity index is 1.89. The molecule has 1 aliphatic rings. The van der Waals surface area contributed by atoms with Gasteiger partial charge >= 0.3 is 0 Å². The molecule has 4 nitrogen and oxygen atoms in total. The summed E-state index contributed by atoms with van der Waals surface area (Å²) in [4.78, 5) is 18.7. The van der Waals surface area contributed by atoms with Crippen molar-refractivity contribution in [3.63, 3.8) is 0 Å². The largest absolute Gasteiger partial charge is 0.389 e. The first-order valence-corrected chi connectivity index (χ1v) is 6.73. The van der Waals surface area contributed by atoms with Gasteiger partial charge in [0.05, 0.1) is 0 Å². The van der Waals surface area contributed by atoms with Crippen LogP contribution in [-0.4, -0.2) is 22.4 Å². The number of thiocarbonyl (C=S) groups is 1. The Morgan fingerprint density at radius 1 is 1.25 bits per heavy atom. The standard InChI is InChI=1S/C15H13N3OS/c16-14(20)11-5-6-12(17-9-11)15(19)18-8-7-10-3-1-2-4-13(10)18/h1-6,9H,7-8H2,(H2,16,20). The van der Waals surface area contributed by atoms with Crippen LogP contribution in [0.3, 0.4) is 0 Å². The first-order chi connectivity index (χ1) is 9.66. The van der Waals surface area contributed by atoms with Crippen molar-refractivity contribution in [2.75, 3.05) is 11.4 Å². The quantitative estimate of drug-likeness (QED) is 0.855. The SMILES string of the molecule is NC(=S)c1ccc(C(=O)N2CCc3ccccc32)nc1. The van der Waals surface area contributed by atoms with E-state index in [1.165, 1.54) is 11.8 Å². The van der Waals surface area contributed by atoms with Crippen LogP contribution in [0.4, 0.5) is 5.69 Å². The zero-order valence-electron chi connectivity index (χ0n) is 10.7. The molecule has 1 aromatic heterocycles. The van der Waals surface area contributed by atoms with E-state index in [2.05, 4.69) is 4.98 Å². The van der Waals surface area contributed by atoms with Gasteiger partial charge in [0.2, 0.25) is 0 Å². The van der Waals surface area contributed by atoms with Crippen molar-refractivity contribution in [1.29, 1.82) is 0 Å². The molecule has 1 amide bonds. The third-order valence-corrected chi connectivity index (χ3v) is 3.64. The van der Waals surface area contributed by atoms with Gasteiger partial charge in [0, 0.05) is 24.0 Å². The fourth-order valence-corrected chi connectivity index (χ4v) is 2.47. The third kappa shape index (κ3) is 2.16. The minimum atomic E-state index is -0.0931. The number of rotatable bonds is 2. The minimum absolute atomic E-state index is 0.0931. The van der Waals surface area contributed by atoms with E-state index in [0.717, 1.165) is 12.1 Å². The average Bonchev–Trinajstić information content (AvgIpc) is 2.90. The summed E-state index contributed by atoms with van der Waals surface area (Å²) in [6.07, 6.45) is 2.42. The summed E-state index contributed by atoms with van der Waals surface area (Å²) in [6.45, 7) is 0.691. The second kappa shape index (κ2) is 5.02. The Hall–Kier alpha value is -2.27. The highest BCUT2D eigenvalue weighted by atomic mass is 32.1. The molecule has 0 saturated heterocycles. The zero-order valence-corrected chi connectivity index (χ0v) is 11.6. The van der Waals surface area contributed by atoms with E-state index in [-0.39, 0.29) is 10.9 Å². The van der Waals surface area contributed by atoms with Crippen molar-refractivity contribution in [2.24, 2.45) is 5.73 Å².